The van der Waals surface area contributed by atoms with E-state index in [2.05, 4.69) is 53.6 Å². The van der Waals surface area contributed by atoms with Gasteiger partial charge in [-0.1, -0.05) is 19.0 Å². The molecule has 1 aromatic rings. The molecule has 0 aliphatic carbocycles. The maximum Gasteiger partial charge on any atom is 0.191 e. The van der Waals surface area contributed by atoms with E-state index in [1.165, 1.54) is 0 Å². The van der Waals surface area contributed by atoms with Crippen molar-refractivity contribution in [1.82, 2.24) is 20.7 Å². The number of hydrogen-bond acceptors (Lipinski definition) is 5. The molecule has 1 aromatic heterocycles. The highest BCUT2D eigenvalue weighted by atomic mass is 16.5. The first-order valence-electron chi connectivity index (χ1n) is 8.62. The molecule has 1 atom stereocenters. The van der Waals surface area contributed by atoms with Gasteiger partial charge in [-0.3, -0.25) is 4.99 Å². The largest absolute Gasteiger partial charge is 0.377 e. The quantitative estimate of drug-likeness (QED) is 0.500. The van der Waals surface area contributed by atoms with Crippen molar-refractivity contribution in [3.05, 3.63) is 17.5 Å². The van der Waals surface area contributed by atoms with E-state index in [9.17, 15) is 0 Å². The van der Waals surface area contributed by atoms with Crippen LogP contribution in [0.3, 0.4) is 0 Å². The van der Waals surface area contributed by atoms with Gasteiger partial charge in [0.05, 0.1) is 18.3 Å². The third-order valence-electron chi connectivity index (χ3n) is 3.62. The molecule has 0 radical (unpaired) electrons. The zero-order valence-electron chi connectivity index (χ0n) is 15.9. The Morgan fingerprint density at radius 1 is 1.38 bits per heavy atom. The number of aliphatic imine (C=N–C) groups is 1. The molecule has 1 heterocycles. The molecule has 7 heteroatoms. The fourth-order valence-electron chi connectivity index (χ4n) is 2.17. The van der Waals surface area contributed by atoms with Crippen LogP contribution in [0.5, 0.6) is 0 Å². The van der Waals surface area contributed by atoms with Crippen LogP contribution >= 0.6 is 0 Å². The number of nitrogens with zero attached hydrogens (tertiary/aromatic N) is 3. The molecule has 7 nitrogen and oxygen atoms in total. The lowest BCUT2D eigenvalue weighted by molar-refractivity contribution is 0.0548. The second-order valence-corrected chi connectivity index (χ2v) is 6.35. The van der Waals surface area contributed by atoms with Crippen molar-refractivity contribution >= 4 is 5.96 Å². The molecule has 1 unspecified atom stereocenters. The summed E-state index contributed by atoms with van der Waals surface area (Å²) >= 11 is 0. The van der Waals surface area contributed by atoms with Crippen molar-refractivity contribution < 1.29 is 9.26 Å². The van der Waals surface area contributed by atoms with Crippen LogP contribution in [0.1, 0.15) is 44.6 Å². The summed E-state index contributed by atoms with van der Waals surface area (Å²) in [6.45, 7) is 9.18. The molecular formula is C17H33N5O2. The van der Waals surface area contributed by atoms with Gasteiger partial charge in [-0.05, 0) is 33.4 Å². The number of ether oxygens (including phenoxy) is 1. The van der Waals surface area contributed by atoms with Gasteiger partial charge in [-0.2, -0.15) is 0 Å². The van der Waals surface area contributed by atoms with Crippen LogP contribution in [0.25, 0.3) is 0 Å². The number of guanidine groups is 1. The van der Waals surface area contributed by atoms with E-state index in [4.69, 9.17) is 9.26 Å². The van der Waals surface area contributed by atoms with E-state index in [-0.39, 0.29) is 6.10 Å². The Balaban J connectivity index is 2.42. The topological polar surface area (TPSA) is 74.9 Å². The molecule has 0 aliphatic heterocycles. The summed E-state index contributed by atoms with van der Waals surface area (Å²) in [5.41, 5.74) is 0.967. The van der Waals surface area contributed by atoms with Gasteiger partial charge in [0.25, 0.3) is 0 Å². The van der Waals surface area contributed by atoms with Crippen LogP contribution < -0.4 is 10.6 Å². The highest BCUT2D eigenvalue weighted by Gasteiger charge is 2.11. The SMILES string of the molecule is CCOC(CCN(C)C)CNC(=NC)NCc1cc(C(C)C)no1. The van der Waals surface area contributed by atoms with Crippen LogP contribution in [-0.2, 0) is 11.3 Å². The second-order valence-electron chi connectivity index (χ2n) is 6.35. The first-order chi connectivity index (χ1) is 11.5. The first-order valence-corrected chi connectivity index (χ1v) is 8.62. The molecule has 0 fully saturated rings. The van der Waals surface area contributed by atoms with E-state index in [0.29, 0.717) is 19.1 Å². The van der Waals surface area contributed by atoms with Gasteiger partial charge in [0, 0.05) is 32.8 Å². The Kier molecular flexibility index (Phi) is 9.41. The van der Waals surface area contributed by atoms with Crippen LogP contribution in [-0.4, -0.2) is 63.0 Å². The lowest BCUT2D eigenvalue weighted by Crippen LogP contribution is -2.42. The third-order valence-corrected chi connectivity index (χ3v) is 3.62. The molecule has 0 aliphatic rings. The van der Waals surface area contributed by atoms with E-state index in [0.717, 1.165) is 36.9 Å². The summed E-state index contributed by atoms with van der Waals surface area (Å²) in [5.74, 6) is 1.89. The van der Waals surface area contributed by atoms with Crippen molar-refractivity contribution in [3.63, 3.8) is 0 Å². The Morgan fingerprint density at radius 3 is 2.67 bits per heavy atom. The van der Waals surface area contributed by atoms with Gasteiger partial charge in [0.1, 0.15) is 0 Å². The van der Waals surface area contributed by atoms with E-state index in [1.54, 1.807) is 7.05 Å². The minimum Gasteiger partial charge on any atom is -0.377 e. The van der Waals surface area contributed by atoms with Gasteiger partial charge in [-0.15, -0.1) is 0 Å². The fraction of sp³-hybridized carbons (Fsp3) is 0.765. The molecule has 0 aromatic carbocycles. The average Bonchev–Trinajstić information content (AvgIpc) is 3.01. The molecule has 1 rings (SSSR count). The predicted molar refractivity (Wildman–Crippen MR) is 97.4 cm³/mol. The van der Waals surface area contributed by atoms with E-state index < -0.39 is 0 Å². The number of rotatable bonds is 10. The normalized spacial score (nSPS) is 13.6. The van der Waals surface area contributed by atoms with E-state index in [1.807, 2.05) is 13.0 Å². The van der Waals surface area contributed by atoms with Gasteiger partial charge in [0.2, 0.25) is 0 Å². The summed E-state index contributed by atoms with van der Waals surface area (Å²) in [7, 11) is 5.89. The molecule has 0 saturated heterocycles. The molecule has 0 saturated carbocycles. The summed E-state index contributed by atoms with van der Waals surface area (Å²) < 4.78 is 11.1. The monoisotopic (exact) mass is 339 g/mol. The molecule has 2 N–H and O–H groups in total. The highest BCUT2D eigenvalue weighted by Crippen LogP contribution is 2.13. The molecular weight excluding hydrogens is 306 g/mol. The molecule has 0 amide bonds. The molecule has 138 valence electrons. The Morgan fingerprint density at radius 2 is 2.12 bits per heavy atom. The second kappa shape index (κ2) is 11.0. The first kappa shape index (κ1) is 20.4. The molecule has 0 bridgehead atoms. The van der Waals surface area contributed by atoms with Gasteiger partial charge in [-0.25, -0.2) is 0 Å². The minimum atomic E-state index is 0.161. The maximum absolute atomic E-state index is 5.78. The van der Waals surface area contributed by atoms with Crippen molar-refractivity contribution in [2.75, 3.05) is 40.8 Å². The van der Waals surface area contributed by atoms with Gasteiger partial charge >= 0.3 is 0 Å². The average molecular weight is 339 g/mol. The summed E-state index contributed by atoms with van der Waals surface area (Å²) in [4.78, 5) is 6.40. The van der Waals surface area contributed by atoms with Crippen molar-refractivity contribution in [3.8, 4) is 0 Å². The van der Waals surface area contributed by atoms with Crippen LogP contribution in [0, 0.1) is 0 Å². The van der Waals surface area contributed by atoms with Crippen LogP contribution in [0.15, 0.2) is 15.6 Å². The van der Waals surface area contributed by atoms with Crippen molar-refractivity contribution in [2.24, 2.45) is 4.99 Å². The lowest BCUT2D eigenvalue weighted by Gasteiger charge is -2.21. The zero-order valence-corrected chi connectivity index (χ0v) is 15.9. The van der Waals surface area contributed by atoms with Crippen molar-refractivity contribution in [1.29, 1.82) is 0 Å². The third kappa shape index (κ3) is 7.79. The standard InChI is InChI=1S/C17H33N5O2/c1-7-23-14(8-9-22(5)6)11-19-17(18-4)20-12-15-10-16(13(2)3)21-24-15/h10,13-14H,7-9,11-12H2,1-6H3,(H2,18,19,20). The maximum atomic E-state index is 5.78. The molecule has 0 spiro atoms. The summed E-state index contributed by atoms with van der Waals surface area (Å²) in [6, 6.07) is 1.98. The van der Waals surface area contributed by atoms with Crippen LogP contribution in [0.4, 0.5) is 0 Å². The Labute approximate surface area is 145 Å². The number of hydrogen-bond donors (Lipinski definition) is 2. The van der Waals surface area contributed by atoms with Gasteiger partial charge < -0.3 is 24.8 Å². The summed E-state index contributed by atoms with van der Waals surface area (Å²) in [5, 5.41) is 10.6. The Bertz CT molecular complexity index is 485. The highest BCUT2D eigenvalue weighted by molar-refractivity contribution is 5.79. The zero-order chi connectivity index (χ0) is 17.9. The smallest absolute Gasteiger partial charge is 0.191 e. The van der Waals surface area contributed by atoms with Crippen LogP contribution in [0.2, 0.25) is 0 Å². The lowest BCUT2D eigenvalue weighted by atomic mass is 10.1. The predicted octanol–water partition coefficient (Wildman–Crippen LogP) is 1.82. The Hall–Kier alpha value is -1.60. The minimum absolute atomic E-state index is 0.161. The van der Waals surface area contributed by atoms with Crippen molar-refractivity contribution in [2.45, 2.75) is 45.8 Å². The number of aromatic nitrogens is 1. The molecule has 24 heavy (non-hydrogen) atoms. The van der Waals surface area contributed by atoms with E-state index >= 15 is 0 Å². The van der Waals surface area contributed by atoms with Gasteiger partial charge in [0.15, 0.2) is 11.7 Å². The number of nitrogens with one attached hydrogen (secondary N) is 2. The summed E-state index contributed by atoms with van der Waals surface area (Å²) in [6.07, 6.45) is 1.14. The fourth-order valence-corrected chi connectivity index (χ4v) is 2.17.